The Kier molecular flexibility index (Phi) is 6.39. The Bertz CT molecular complexity index is 693. The van der Waals surface area contributed by atoms with Crippen LogP contribution in [0.25, 0.3) is 10.2 Å². The minimum atomic E-state index is -0.000449. The molecule has 25 heavy (non-hydrogen) atoms. The predicted octanol–water partition coefficient (Wildman–Crippen LogP) is 3.16. The Morgan fingerprint density at radius 2 is 2.08 bits per heavy atom. The number of benzene rings is 1. The molecule has 1 amide bonds. The van der Waals surface area contributed by atoms with Crippen LogP contribution in [-0.4, -0.2) is 54.7 Å². The summed E-state index contributed by atoms with van der Waals surface area (Å²) in [5.74, 6) is 0.585. The van der Waals surface area contributed by atoms with Crippen LogP contribution in [0.15, 0.2) is 23.7 Å². The standard InChI is InChI=1S/C19H27N3O2S/c1-3-14(4-2)17(22-7-9-24-10-8-22)12-20-19(23)15-5-6-16-18(11-15)25-13-21-16/h5-6,11,13-14,17H,3-4,7-10,12H2,1-2H3,(H,20,23)/t17-/m1/s1. The molecule has 0 saturated carbocycles. The van der Waals surface area contributed by atoms with Crippen LogP contribution in [0.3, 0.4) is 0 Å². The molecule has 2 aromatic rings. The van der Waals surface area contributed by atoms with Crippen molar-refractivity contribution in [2.24, 2.45) is 5.92 Å². The highest BCUT2D eigenvalue weighted by atomic mass is 32.1. The molecule has 6 heteroatoms. The lowest BCUT2D eigenvalue weighted by Gasteiger charge is -2.38. The molecule has 1 aliphatic heterocycles. The Labute approximate surface area is 153 Å². The molecule has 0 unspecified atom stereocenters. The zero-order valence-corrected chi connectivity index (χ0v) is 15.8. The summed E-state index contributed by atoms with van der Waals surface area (Å²) in [6.07, 6.45) is 2.25. The number of morpholine rings is 1. The molecule has 136 valence electrons. The number of carbonyl (C=O) groups excluding carboxylic acids is 1. The lowest BCUT2D eigenvalue weighted by atomic mass is 9.92. The van der Waals surface area contributed by atoms with E-state index in [1.165, 1.54) is 0 Å². The second-order valence-corrected chi connectivity index (χ2v) is 7.42. The zero-order chi connectivity index (χ0) is 17.6. The topological polar surface area (TPSA) is 54.5 Å². The van der Waals surface area contributed by atoms with Crippen molar-refractivity contribution >= 4 is 27.5 Å². The number of hydrogen-bond donors (Lipinski definition) is 1. The molecule has 1 aliphatic rings. The van der Waals surface area contributed by atoms with Gasteiger partial charge >= 0.3 is 0 Å². The summed E-state index contributed by atoms with van der Waals surface area (Å²) in [6.45, 7) is 8.63. The van der Waals surface area contributed by atoms with Crippen LogP contribution in [0.1, 0.15) is 37.0 Å². The maximum atomic E-state index is 12.6. The monoisotopic (exact) mass is 361 g/mol. The van der Waals surface area contributed by atoms with Crippen molar-refractivity contribution in [2.45, 2.75) is 32.7 Å². The Morgan fingerprint density at radius 3 is 2.80 bits per heavy atom. The second-order valence-electron chi connectivity index (χ2n) is 6.54. The minimum absolute atomic E-state index is 0.000449. The van der Waals surface area contributed by atoms with Crippen molar-refractivity contribution in [3.63, 3.8) is 0 Å². The first kappa shape index (κ1) is 18.3. The Hall–Kier alpha value is -1.50. The van der Waals surface area contributed by atoms with Crippen LogP contribution in [-0.2, 0) is 4.74 Å². The molecule has 1 aromatic heterocycles. The first-order valence-corrected chi connectivity index (χ1v) is 10.0. The van der Waals surface area contributed by atoms with E-state index in [1.54, 1.807) is 11.3 Å². The number of ether oxygens (including phenoxy) is 1. The fraction of sp³-hybridized carbons (Fsp3) is 0.579. The molecule has 2 heterocycles. The smallest absolute Gasteiger partial charge is 0.251 e. The molecule has 1 atom stereocenters. The van der Waals surface area contributed by atoms with Gasteiger partial charge in [0.25, 0.3) is 5.91 Å². The number of fused-ring (bicyclic) bond motifs is 1. The normalized spacial score (nSPS) is 17.1. The van der Waals surface area contributed by atoms with Gasteiger partial charge in [-0.25, -0.2) is 4.98 Å². The molecule has 0 spiro atoms. The molecule has 1 N–H and O–H groups in total. The van der Waals surface area contributed by atoms with E-state index in [0.717, 1.165) is 49.4 Å². The van der Waals surface area contributed by atoms with E-state index in [9.17, 15) is 4.79 Å². The summed E-state index contributed by atoms with van der Waals surface area (Å²) in [7, 11) is 0. The number of hydrogen-bond acceptors (Lipinski definition) is 5. The molecule has 0 radical (unpaired) electrons. The molecule has 1 fully saturated rings. The number of rotatable bonds is 7. The van der Waals surface area contributed by atoms with Gasteiger partial charge in [-0.2, -0.15) is 0 Å². The van der Waals surface area contributed by atoms with Gasteiger partial charge in [0.15, 0.2) is 0 Å². The van der Waals surface area contributed by atoms with E-state index in [2.05, 4.69) is 29.0 Å². The maximum Gasteiger partial charge on any atom is 0.251 e. The molecule has 0 bridgehead atoms. The van der Waals surface area contributed by atoms with Crippen LogP contribution in [0, 0.1) is 5.92 Å². The summed E-state index contributed by atoms with van der Waals surface area (Å²) in [4.78, 5) is 19.4. The van der Waals surface area contributed by atoms with Crippen molar-refractivity contribution in [3.8, 4) is 0 Å². The number of thiazole rings is 1. The lowest BCUT2D eigenvalue weighted by molar-refractivity contribution is 0.00191. The van der Waals surface area contributed by atoms with Gasteiger partial charge in [-0.1, -0.05) is 26.7 Å². The molecule has 1 aromatic carbocycles. The van der Waals surface area contributed by atoms with Gasteiger partial charge in [-0.15, -0.1) is 11.3 Å². The third-order valence-electron chi connectivity index (χ3n) is 5.17. The van der Waals surface area contributed by atoms with E-state index in [4.69, 9.17) is 4.74 Å². The molecule has 0 aliphatic carbocycles. The van der Waals surface area contributed by atoms with Crippen LogP contribution < -0.4 is 5.32 Å². The van der Waals surface area contributed by atoms with Crippen LogP contribution in [0.2, 0.25) is 0 Å². The summed E-state index contributed by atoms with van der Waals surface area (Å²) in [6, 6.07) is 6.08. The van der Waals surface area contributed by atoms with E-state index >= 15 is 0 Å². The zero-order valence-electron chi connectivity index (χ0n) is 15.0. The highest BCUT2D eigenvalue weighted by Gasteiger charge is 2.27. The first-order valence-electron chi connectivity index (χ1n) is 9.16. The van der Waals surface area contributed by atoms with Crippen molar-refractivity contribution in [3.05, 3.63) is 29.3 Å². The second kappa shape index (κ2) is 8.74. The maximum absolute atomic E-state index is 12.6. The third kappa shape index (κ3) is 4.37. The average molecular weight is 362 g/mol. The quantitative estimate of drug-likeness (QED) is 0.823. The molecular formula is C19H27N3O2S. The SMILES string of the molecule is CCC(CC)[C@@H](CNC(=O)c1ccc2ncsc2c1)N1CCOCC1. The average Bonchev–Trinajstić information content (AvgIpc) is 3.13. The fourth-order valence-electron chi connectivity index (χ4n) is 3.63. The van der Waals surface area contributed by atoms with E-state index in [-0.39, 0.29) is 5.91 Å². The molecule has 3 rings (SSSR count). The van der Waals surface area contributed by atoms with Crippen molar-refractivity contribution in [2.75, 3.05) is 32.8 Å². The van der Waals surface area contributed by atoms with Gasteiger partial charge in [0.05, 0.1) is 28.9 Å². The van der Waals surface area contributed by atoms with Crippen molar-refractivity contribution in [1.82, 2.24) is 15.2 Å². The summed E-state index contributed by atoms with van der Waals surface area (Å²) in [5, 5.41) is 3.17. The Morgan fingerprint density at radius 1 is 1.32 bits per heavy atom. The van der Waals surface area contributed by atoms with Crippen LogP contribution in [0.5, 0.6) is 0 Å². The largest absolute Gasteiger partial charge is 0.379 e. The van der Waals surface area contributed by atoms with Crippen LogP contribution in [0.4, 0.5) is 0 Å². The number of nitrogens with zero attached hydrogens (tertiary/aromatic N) is 2. The Balaban J connectivity index is 1.67. The lowest BCUT2D eigenvalue weighted by Crippen LogP contribution is -2.52. The van der Waals surface area contributed by atoms with Crippen LogP contribution >= 0.6 is 11.3 Å². The van der Waals surface area contributed by atoms with Gasteiger partial charge < -0.3 is 10.1 Å². The van der Waals surface area contributed by atoms with Gasteiger partial charge in [-0.3, -0.25) is 9.69 Å². The van der Waals surface area contributed by atoms with Crippen molar-refractivity contribution < 1.29 is 9.53 Å². The molecular weight excluding hydrogens is 334 g/mol. The third-order valence-corrected chi connectivity index (χ3v) is 5.96. The van der Waals surface area contributed by atoms with Gasteiger partial charge in [-0.05, 0) is 24.1 Å². The van der Waals surface area contributed by atoms with Crippen molar-refractivity contribution in [1.29, 1.82) is 0 Å². The summed E-state index contributed by atoms with van der Waals surface area (Å²) in [5.41, 5.74) is 3.47. The first-order chi connectivity index (χ1) is 12.2. The molecule has 1 saturated heterocycles. The van der Waals surface area contributed by atoms with Gasteiger partial charge in [0.2, 0.25) is 0 Å². The fourth-order valence-corrected chi connectivity index (χ4v) is 4.35. The number of carbonyl (C=O) groups is 1. The predicted molar refractivity (Wildman–Crippen MR) is 102 cm³/mol. The molecule has 5 nitrogen and oxygen atoms in total. The van der Waals surface area contributed by atoms with Gasteiger partial charge in [0, 0.05) is 31.2 Å². The summed E-state index contributed by atoms with van der Waals surface area (Å²) >= 11 is 1.56. The number of amides is 1. The number of nitrogens with one attached hydrogen (secondary N) is 1. The summed E-state index contributed by atoms with van der Waals surface area (Å²) < 4.78 is 6.54. The highest BCUT2D eigenvalue weighted by molar-refractivity contribution is 7.16. The van der Waals surface area contributed by atoms with E-state index in [0.29, 0.717) is 24.1 Å². The van der Waals surface area contributed by atoms with Gasteiger partial charge in [0.1, 0.15) is 0 Å². The van der Waals surface area contributed by atoms with E-state index in [1.807, 2.05) is 23.7 Å². The van der Waals surface area contributed by atoms with E-state index < -0.39 is 0 Å². The minimum Gasteiger partial charge on any atom is -0.379 e. The highest BCUT2D eigenvalue weighted by Crippen LogP contribution is 2.21. The number of aromatic nitrogens is 1.